The molecule has 5 heteroatoms. The number of fused-ring (bicyclic) bond motifs is 1. The molecule has 4 nitrogen and oxygen atoms in total. The van der Waals surface area contributed by atoms with Gasteiger partial charge >= 0.3 is 0 Å². The van der Waals surface area contributed by atoms with Crippen LogP contribution in [0.2, 0.25) is 0 Å². The summed E-state index contributed by atoms with van der Waals surface area (Å²) in [5.74, 6) is 0.114. The second-order valence-corrected chi connectivity index (χ2v) is 7.70. The summed E-state index contributed by atoms with van der Waals surface area (Å²) in [5, 5.41) is 8.15. The van der Waals surface area contributed by atoms with E-state index in [9.17, 15) is 8.42 Å². The third-order valence-corrected chi connectivity index (χ3v) is 6.58. The number of benzene rings is 2. The topological polar surface area (TPSA) is 58.9 Å². The van der Waals surface area contributed by atoms with E-state index in [4.69, 9.17) is 0 Å². The van der Waals surface area contributed by atoms with Crippen molar-refractivity contribution in [3.63, 3.8) is 0 Å². The van der Waals surface area contributed by atoms with E-state index < -0.39 is 20.6 Å². The third-order valence-electron chi connectivity index (χ3n) is 4.34. The van der Waals surface area contributed by atoms with Gasteiger partial charge in [-0.3, -0.25) is 0 Å². The van der Waals surface area contributed by atoms with Crippen molar-refractivity contribution in [2.24, 2.45) is 10.2 Å². The van der Waals surface area contributed by atoms with Gasteiger partial charge in [0.25, 0.3) is 0 Å². The maximum absolute atomic E-state index is 12.3. The number of hydrogen-bond donors (Lipinski definition) is 0. The van der Waals surface area contributed by atoms with Crippen molar-refractivity contribution in [1.82, 2.24) is 0 Å². The first-order valence-electron chi connectivity index (χ1n) is 6.89. The maximum atomic E-state index is 12.3. The minimum absolute atomic E-state index is 0.114. The quantitative estimate of drug-likeness (QED) is 0.855. The second kappa shape index (κ2) is 4.24. The Morgan fingerprint density at radius 2 is 1.43 bits per heavy atom. The fourth-order valence-electron chi connectivity index (χ4n) is 3.40. The van der Waals surface area contributed by atoms with E-state index in [0.29, 0.717) is 0 Å². The van der Waals surface area contributed by atoms with Crippen LogP contribution in [-0.4, -0.2) is 25.5 Å². The van der Waals surface area contributed by atoms with Crippen LogP contribution in [0.1, 0.15) is 11.1 Å². The van der Waals surface area contributed by atoms with E-state index in [0.717, 1.165) is 11.1 Å². The highest BCUT2D eigenvalue weighted by atomic mass is 32.2. The minimum Gasteiger partial charge on any atom is -0.228 e. The Morgan fingerprint density at radius 1 is 0.905 bits per heavy atom. The van der Waals surface area contributed by atoms with Gasteiger partial charge in [-0.05, 0) is 11.1 Å². The summed E-state index contributed by atoms with van der Waals surface area (Å²) in [4.78, 5) is 0. The molecule has 0 amide bonds. The first-order valence-corrected chi connectivity index (χ1v) is 8.61. The summed E-state index contributed by atoms with van der Waals surface area (Å²) in [7, 11) is -3.15. The van der Waals surface area contributed by atoms with Crippen molar-refractivity contribution in [3.05, 3.63) is 71.8 Å². The zero-order chi connectivity index (χ0) is 14.5. The van der Waals surface area contributed by atoms with Gasteiger partial charge in [0.15, 0.2) is 15.4 Å². The van der Waals surface area contributed by atoms with E-state index in [1.807, 2.05) is 60.7 Å². The Bertz CT molecular complexity index is 761. The average Bonchev–Trinajstić information content (AvgIpc) is 2.85. The highest BCUT2D eigenvalue weighted by Gasteiger charge is 2.63. The van der Waals surface area contributed by atoms with Crippen LogP contribution in [0.15, 0.2) is 70.9 Å². The molecule has 2 aromatic carbocycles. The lowest BCUT2D eigenvalue weighted by Gasteiger charge is -2.39. The fraction of sp³-hybridized carbons (Fsp3) is 0.250. The first kappa shape index (κ1) is 12.7. The zero-order valence-corrected chi connectivity index (χ0v) is 12.1. The number of hydrogen-bond acceptors (Lipinski definition) is 4. The molecule has 2 aliphatic heterocycles. The summed E-state index contributed by atoms with van der Waals surface area (Å²) >= 11 is 0. The zero-order valence-electron chi connectivity index (χ0n) is 11.3. The monoisotopic (exact) mass is 298 g/mol. The van der Waals surface area contributed by atoms with Crippen molar-refractivity contribution in [2.45, 2.75) is 16.8 Å². The van der Waals surface area contributed by atoms with E-state index in [2.05, 4.69) is 10.2 Å². The first-order chi connectivity index (χ1) is 10.1. The fourth-order valence-corrected chi connectivity index (χ4v) is 5.45. The molecule has 0 radical (unpaired) electrons. The molecule has 106 valence electrons. The Morgan fingerprint density at radius 3 is 1.90 bits per heavy atom. The van der Waals surface area contributed by atoms with Crippen molar-refractivity contribution >= 4 is 9.84 Å². The molecule has 0 aliphatic carbocycles. The van der Waals surface area contributed by atoms with E-state index in [1.165, 1.54) is 0 Å². The maximum Gasteiger partial charge on any atom is 0.160 e. The lowest BCUT2D eigenvalue weighted by molar-refractivity contribution is 0.460. The average molecular weight is 298 g/mol. The summed E-state index contributed by atoms with van der Waals surface area (Å²) in [5.41, 5.74) is 0.871. The SMILES string of the molecule is O=S1(=O)CC2N=NC(c3ccccc3)(c3ccccc3)C21. The summed E-state index contributed by atoms with van der Waals surface area (Å²) in [6.45, 7) is 0. The van der Waals surface area contributed by atoms with Crippen LogP contribution in [0.4, 0.5) is 0 Å². The van der Waals surface area contributed by atoms with Crippen LogP contribution in [0.25, 0.3) is 0 Å². The number of azo groups is 1. The summed E-state index contributed by atoms with van der Waals surface area (Å²) in [6.07, 6.45) is 0. The summed E-state index contributed by atoms with van der Waals surface area (Å²) < 4.78 is 24.7. The van der Waals surface area contributed by atoms with Crippen molar-refractivity contribution < 1.29 is 8.42 Å². The molecule has 21 heavy (non-hydrogen) atoms. The Labute approximate surface area is 123 Å². The molecule has 2 heterocycles. The molecule has 0 saturated carbocycles. The molecule has 2 aromatic rings. The Hall–Kier alpha value is -2.01. The highest BCUT2D eigenvalue weighted by Crippen LogP contribution is 2.51. The molecule has 4 rings (SSSR count). The third kappa shape index (κ3) is 1.64. The predicted octanol–water partition coefficient (Wildman–Crippen LogP) is 2.56. The molecular weight excluding hydrogens is 284 g/mol. The molecule has 0 aromatic heterocycles. The van der Waals surface area contributed by atoms with Gasteiger partial charge < -0.3 is 0 Å². The molecule has 1 fully saturated rings. The van der Waals surface area contributed by atoms with Gasteiger partial charge in [-0.2, -0.15) is 10.2 Å². The molecule has 2 aliphatic rings. The largest absolute Gasteiger partial charge is 0.228 e. The second-order valence-electron chi connectivity index (χ2n) is 5.53. The Kier molecular flexibility index (Phi) is 2.57. The van der Waals surface area contributed by atoms with E-state index in [1.54, 1.807) is 0 Å². The molecule has 2 unspecified atom stereocenters. The van der Waals surface area contributed by atoms with Crippen molar-refractivity contribution in [1.29, 1.82) is 0 Å². The van der Waals surface area contributed by atoms with Crippen molar-refractivity contribution in [2.75, 3.05) is 5.75 Å². The van der Waals surface area contributed by atoms with Crippen molar-refractivity contribution in [3.8, 4) is 0 Å². The standard InChI is InChI=1S/C16H14N2O2S/c19-21(20)11-14-15(21)16(18-17-14,12-7-3-1-4-8-12)13-9-5-2-6-10-13/h1-10,14-15H,11H2. The highest BCUT2D eigenvalue weighted by molar-refractivity contribution is 7.93. The van der Waals surface area contributed by atoms with Gasteiger partial charge in [0.1, 0.15) is 11.3 Å². The molecule has 0 spiro atoms. The van der Waals surface area contributed by atoms with Gasteiger partial charge in [0, 0.05) is 0 Å². The number of nitrogens with zero attached hydrogens (tertiary/aromatic N) is 2. The molecule has 0 N–H and O–H groups in total. The van der Waals surface area contributed by atoms with Gasteiger partial charge in [-0.1, -0.05) is 60.7 Å². The van der Waals surface area contributed by atoms with E-state index in [-0.39, 0.29) is 11.8 Å². The lowest BCUT2D eigenvalue weighted by Crippen LogP contribution is -2.58. The van der Waals surface area contributed by atoms with Crippen LogP contribution < -0.4 is 0 Å². The van der Waals surface area contributed by atoms with Gasteiger partial charge in [0.2, 0.25) is 0 Å². The van der Waals surface area contributed by atoms with Gasteiger partial charge in [-0.25, -0.2) is 8.42 Å². The normalized spacial score (nSPS) is 27.8. The van der Waals surface area contributed by atoms with Gasteiger partial charge in [0.05, 0.1) is 5.75 Å². The number of rotatable bonds is 2. The molecule has 1 saturated heterocycles. The van der Waals surface area contributed by atoms with Crippen LogP contribution >= 0.6 is 0 Å². The predicted molar refractivity (Wildman–Crippen MR) is 79.9 cm³/mol. The molecular formula is C16H14N2O2S. The lowest BCUT2D eigenvalue weighted by atomic mass is 9.79. The van der Waals surface area contributed by atoms with Crippen LogP contribution in [0.3, 0.4) is 0 Å². The molecule has 2 atom stereocenters. The van der Waals surface area contributed by atoms with Crippen LogP contribution in [0, 0.1) is 0 Å². The van der Waals surface area contributed by atoms with Gasteiger partial charge in [-0.15, -0.1) is 0 Å². The molecule has 0 bridgehead atoms. The van der Waals surface area contributed by atoms with E-state index >= 15 is 0 Å². The van der Waals surface area contributed by atoms with Crippen LogP contribution in [0.5, 0.6) is 0 Å². The smallest absolute Gasteiger partial charge is 0.160 e. The Balaban J connectivity index is 1.99. The summed E-state index contributed by atoms with van der Waals surface area (Å²) in [6, 6.07) is 19.0. The van der Waals surface area contributed by atoms with Crippen LogP contribution in [-0.2, 0) is 15.4 Å². The number of sulfone groups is 1. The minimum atomic E-state index is -3.15.